The summed E-state index contributed by atoms with van der Waals surface area (Å²) in [5.74, 6) is 0. The highest BCUT2D eigenvalue weighted by molar-refractivity contribution is 6.30. The first kappa shape index (κ1) is 15.8. The molecule has 0 spiro atoms. The minimum absolute atomic E-state index is 0.459. The van der Waals surface area contributed by atoms with Gasteiger partial charge in [-0.1, -0.05) is 37.1 Å². The first-order valence-corrected chi connectivity index (χ1v) is 8.31. The van der Waals surface area contributed by atoms with Crippen LogP contribution in [0, 0.1) is 0 Å². The molecule has 1 aliphatic heterocycles. The molecule has 2 unspecified atom stereocenters. The molecule has 0 bridgehead atoms. The molecule has 20 heavy (non-hydrogen) atoms. The van der Waals surface area contributed by atoms with Gasteiger partial charge in [0.1, 0.15) is 0 Å². The van der Waals surface area contributed by atoms with Gasteiger partial charge in [0.2, 0.25) is 0 Å². The monoisotopic (exact) mass is 294 g/mol. The first-order valence-electron chi connectivity index (χ1n) is 7.93. The van der Waals surface area contributed by atoms with E-state index in [9.17, 15) is 0 Å². The van der Waals surface area contributed by atoms with Crippen molar-refractivity contribution in [3.8, 4) is 0 Å². The lowest BCUT2D eigenvalue weighted by Gasteiger charge is -2.32. The van der Waals surface area contributed by atoms with Gasteiger partial charge in [-0.15, -0.1) is 0 Å². The van der Waals surface area contributed by atoms with Crippen LogP contribution in [0.5, 0.6) is 0 Å². The van der Waals surface area contributed by atoms with E-state index < -0.39 is 0 Å². The van der Waals surface area contributed by atoms with Gasteiger partial charge in [-0.25, -0.2) is 0 Å². The van der Waals surface area contributed by atoms with E-state index in [1.807, 2.05) is 12.1 Å². The average molecular weight is 295 g/mol. The molecule has 1 fully saturated rings. The normalized spacial score (nSPS) is 20.5. The largest absolute Gasteiger partial charge is 0.313 e. The van der Waals surface area contributed by atoms with E-state index in [1.165, 1.54) is 44.3 Å². The maximum Gasteiger partial charge on any atom is 0.0406 e. The van der Waals surface area contributed by atoms with Gasteiger partial charge < -0.3 is 5.32 Å². The van der Waals surface area contributed by atoms with Gasteiger partial charge in [0.25, 0.3) is 0 Å². The van der Waals surface area contributed by atoms with E-state index in [4.69, 9.17) is 11.6 Å². The van der Waals surface area contributed by atoms with Crippen LogP contribution in [0.1, 0.15) is 51.1 Å². The van der Waals surface area contributed by atoms with Gasteiger partial charge in [0, 0.05) is 23.7 Å². The van der Waals surface area contributed by atoms with Crippen LogP contribution in [0.3, 0.4) is 0 Å². The fraction of sp³-hybridized carbons (Fsp3) is 0.647. The lowest BCUT2D eigenvalue weighted by atomic mass is 10.1. The average Bonchev–Trinajstić information content (AvgIpc) is 2.96. The molecule has 0 radical (unpaired) electrons. The van der Waals surface area contributed by atoms with E-state index in [0.29, 0.717) is 12.1 Å². The summed E-state index contributed by atoms with van der Waals surface area (Å²) in [6, 6.07) is 9.45. The number of rotatable bonds is 7. The van der Waals surface area contributed by atoms with Crippen molar-refractivity contribution >= 4 is 11.6 Å². The highest BCUT2D eigenvalue weighted by Gasteiger charge is 2.21. The summed E-state index contributed by atoms with van der Waals surface area (Å²) in [6.45, 7) is 8.09. The van der Waals surface area contributed by atoms with Crippen LogP contribution < -0.4 is 5.32 Å². The fourth-order valence-corrected chi connectivity index (χ4v) is 3.08. The summed E-state index contributed by atoms with van der Waals surface area (Å²) in [6.07, 6.45) is 5.16. The van der Waals surface area contributed by atoms with Crippen molar-refractivity contribution in [2.75, 3.05) is 19.6 Å². The second kappa shape index (κ2) is 8.02. The molecule has 2 rings (SSSR count). The molecule has 1 heterocycles. The Hall–Kier alpha value is -0.570. The predicted octanol–water partition coefficient (Wildman–Crippen LogP) is 4.26. The summed E-state index contributed by atoms with van der Waals surface area (Å²) in [5.41, 5.74) is 1.36. The number of unbranched alkanes of at least 4 members (excludes halogenated alkanes) is 1. The number of nitrogens with zero attached hydrogens (tertiary/aromatic N) is 1. The molecule has 0 aliphatic carbocycles. The molecule has 1 aromatic carbocycles. The molecule has 112 valence electrons. The van der Waals surface area contributed by atoms with Gasteiger partial charge in [0.15, 0.2) is 0 Å². The Morgan fingerprint density at radius 1 is 1.35 bits per heavy atom. The molecule has 1 saturated heterocycles. The van der Waals surface area contributed by atoms with E-state index in [-0.39, 0.29) is 0 Å². The molecule has 0 saturated carbocycles. The Balaban J connectivity index is 2.01. The van der Waals surface area contributed by atoms with Crippen molar-refractivity contribution in [3.63, 3.8) is 0 Å². The smallest absolute Gasteiger partial charge is 0.0406 e. The Bertz CT molecular complexity index is 384. The van der Waals surface area contributed by atoms with Crippen LogP contribution in [0.25, 0.3) is 0 Å². The zero-order chi connectivity index (χ0) is 14.4. The van der Waals surface area contributed by atoms with E-state index in [1.54, 1.807) is 0 Å². The van der Waals surface area contributed by atoms with Gasteiger partial charge in [0.05, 0.1) is 0 Å². The number of hydrogen-bond acceptors (Lipinski definition) is 2. The molecule has 2 nitrogen and oxygen atoms in total. The van der Waals surface area contributed by atoms with Gasteiger partial charge in [-0.05, 0) is 57.0 Å². The summed E-state index contributed by atoms with van der Waals surface area (Å²) >= 11 is 5.99. The number of benzene rings is 1. The quantitative estimate of drug-likeness (QED) is 0.808. The van der Waals surface area contributed by atoms with Crippen molar-refractivity contribution in [3.05, 3.63) is 34.9 Å². The Morgan fingerprint density at radius 3 is 2.70 bits per heavy atom. The third-order valence-electron chi connectivity index (χ3n) is 4.32. The predicted molar refractivity (Wildman–Crippen MR) is 87.4 cm³/mol. The maximum absolute atomic E-state index is 5.99. The number of hydrogen-bond donors (Lipinski definition) is 1. The zero-order valence-electron chi connectivity index (χ0n) is 12.7. The molecular formula is C17H27ClN2. The SMILES string of the molecule is CCCCN(CC1CCCN1)C(C)c1ccc(Cl)cc1. The zero-order valence-corrected chi connectivity index (χ0v) is 13.5. The summed E-state index contributed by atoms with van der Waals surface area (Å²) < 4.78 is 0. The van der Waals surface area contributed by atoms with Crippen molar-refractivity contribution < 1.29 is 0 Å². The number of nitrogens with one attached hydrogen (secondary N) is 1. The minimum Gasteiger partial charge on any atom is -0.313 e. The Morgan fingerprint density at radius 2 is 2.10 bits per heavy atom. The van der Waals surface area contributed by atoms with E-state index in [2.05, 4.69) is 36.2 Å². The van der Waals surface area contributed by atoms with Crippen LogP contribution in [-0.2, 0) is 0 Å². The fourth-order valence-electron chi connectivity index (χ4n) is 2.95. The summed E-state index contributed by atoms with van der Waals surface area (Å²) in [4.78, 5) is 2.62. The van der Waals surface area contributed by atoms with Crippen LogP contribution in [0.15, 0.2) is 24.3 Å². The van der Waals surface area contributed by atoms with E-state index in [0.717, 1.165) is 11.6 Å². The van der Waals surface area contributed by atoms with Gasteiger partial charge in [-0.3, -0.25) is 4.90 Å². The first-order chi connectivity index (χ1) is 9.70. The molecule has 2 atom stereocenters. The molecule has 1 N–H and O–H groups in total. The van der Waals surface area contributed by atoms with Crippen molar-refractivity contribution in [1.82, 2.24) is 10.2 Å². The third kappa shape index (κ3) is 4.47. The van der Waals surface area contributed by atoms with Crippen LogP contribution in [0.4, 0.5) is 0 Å². The van der Waals surface area contributed by atoms with Crippen molar-refractivity contribution in [2.24, 2.45) is 0 Å². The molecule has 1 aromatic rings. The lowest BCUT2D eigenvalue weighted by molar-refractivity contribution is 0.189. The van der Waals surface area contributed by atoms with E-state index >= 15 is 0 Å². The van der Waals surface area contributed by atoms with Crippen molar-refractivity contribution in [1.29, 1.82) is 0 Å². The molecule has 3 heteroatoms. The Kier molecular flexibility index (Phi) is 6.34. The van der Waals surface area contributed by atoms with Gasteiger partial charge in [-0.2, -0.15) is 0 Å². The lowest BCUT2D eigenvalue weighted by Crippen LogP contribution is -2.39. The third-order valence-corrected chi connectivity index (χ3v) is 4.57. The summed E-state index contributed by atoms with van der Waals surface area (Å²) in [7, 11) is 0. The Labute approximate surface area is 128 Å². The highest BCUT2D eigenvalue weighted by Crippen LogP contribution is 2.23. The van der Waals surface area contributed by atoms with Gasteiger partial charge >= 0.3 is 0 Å². The molecular weight excluding hydrogens is 268 g/mol. The maximum atomic E-state index is 5.99. The second-order valence-corrected chi connectivity index (χ2v) is 6.31. The topological polar surface area (TPSA) is 15.3 Å². The molecule has 0 aromatic heterocycles. The number of halogens is 1. The van der Waals surface area contributed by atoms with Crippen molar-refractivity contribution in [2.45, 2.75) is 51.6 Å². The minimum atomic E-state index is 0.459. The summed E-state index contributed by atoms with van der Waals surface area (Å²) in [5, 5.41) is 4.43. The van der Waals surface area contributed by atoms with Crippen LogP contribution in [-0.4, -0.2) is 30.6 Å². The standard InChI is InChI=1S/C17H27ClN2/c1-3-4-12-20(13-17-6-5-11-19-17)14(2)15-7-9-16(18)10-8-15/h7-10,14,17,19H,3-6,11-13H2,1-2H3. The highest BCUT2D eigenvalue weighted by atomic mass is 35.5. The molecule has 1 aliphatic rings. The molecule has 0 amide bonds. The van der Waals surface area contributed by atoms with Crippen LogP contribution >= 0.6 is 11.6 Å². The second-order valence-electron chi connectivity index (χ2n) is 5.87. The van der Waals surface area contributed by atoms with Crippen LogP contribution in [0.2, 0.25) is 5.02 Å².